The maximum atomic E-state index is 13.1. The molecule has 0 spiro atoms. The number of imidazole rings is 1. The first-order chi connectivity index (χ1) is 10.5. The number of carbonyl (C=O) groups excluding carboxylic acids is 1. The van der Waals surface area contributed by atoms with Crippen LogP contribution in [-0.4, -0.2) is 33.3 Å². The molecule has 0 aromatic carbocycles. The molecule has 2 aromatic rings. The molecule has 0 bridgehead atoms. The zero-order valence-electron chi connectivity index (χ0n) is 13.4. The van der Waals surface area contributed by atoms with Gasteiger partial charge in [-0.05, 0) is 59.7 Å². The van der Waals surface area contributed by atoms with Crippen molar-refractivity contribution in [3.05, 3.63) is 33.7 Å². The highest BCUT2D eigenvalue weighted by Gasteiger charge is 2.27. The minimum atomic E-state index is 0.119. The molecule has 1 fully saturated rings. The van der Waals surface area contributed by atoms with Crippen LogP contribution < -0.4 is 0 Å². The number of halogens is 1. The van der Waals surface area contributed by atoms with Crippen LogP contribution in [0.3, 0.4) is 0 Å². The molecule has 1 unspecified atom stereocenters. The normalized spacial score (nSPS) is 18.9. The van der Waals surface area contributed by atoms with Crippen molar-refractivity contribution < 1.29 is 4.79 Å². The number of rotatable bonds is 2. The van der Waals surface area contributed by atoms with E-state index in [1.807, 2.05) is 28.5 Å². The van der Waals surface area contributed by atoms with Crippen LogP contribution in [0.25, 0.3) is 5.65 Å². The lowest BCUT2D eigenvalue weighted by Gasteiger charge is -2.31. The fourth-order valence-corrected chi connectivity index (χ4v) is 3.86. The van der Waals surface area contributed by atoms with Gasteiger partial charge < -0.3 is 4.90 Å². The molecule has 1 aliphatic heterocycles. The van der Waals surface area contributed by atoms with E-state index in [1.165, 1.54) is 6.42 Å². The average molecular weight is 364 g/mol. The van der Waals surface area contributed by atoms with E-state index in [2.05, 4.69) is 29.8 Å². The van der Waals surface area contributed by atoms with Crippen molar-refractivity contribution >= 4 is 27.5 Å². The Kier molecular flexibility index (Phi) is 4.26. The summed E-state index contributed by atoms with van der Waals surface area (Å²) in [7, 11) is 0. The van der Waals surface area contributed by atoms with Crippen LogP contribution in [0.1, 0.15) is 48.4 Å². The second-order valence-corrected chi connectivity index (χ2v) is 7.21. The molecule has 3 heterocycles. The highest BCUT2D eigenvalue weighted by Crippen LogP contribution is 2.24. The van der Waals surface area contributed by atoms with Gasteiger partial charge in [0.1, 0.15) is 11.3 Å². The van der Waals surface area contributed by atoms with Gasteiger partial charge in [0, 0.05) is 23.8 Å². The number of likely N-dealkylation sites (tertiary alicyclic amines) is 1. The number of aromatic nitrogens is 2. The van der Waals surface area contributed by atoms with Gasteiger partial charge in [0.05, 0.1) is 5.69 Å². The summed E-state index contributed by atoms with van der Waals surface area (Å²) in [6, 6.07) is 2.04. The maximum absolute atomic E-state index is 13.1. The average Bonchev–Trinajstić information content (AvgIpc) is 2.85. The summed E-state index contributed by atoms with van der Waals surface area (Å²) >= 11 is 3.53. The van der Waals surface area contributed by atoms with Gasteiger partial charge in [0.2, 0.25) is 0 Å². The highest BCUT2D eigenvalue weighted by atomic mass is 79.9. The van der Waals surface area contributed by atoms with Crippen molar-refractivity contribution in [3.8, 4) is 0 Å². The molecule has 1 aliphatic rings. The Bertz CT molecular complexity index is 722. The molecule has 1 amide bonds. The Morgan fingerprint density at radius 1 is 1.50 bits per heavy atom. The number of piperidine rings is 1. The number of hydrogen-bond acceptors (Lipinski definition) is 2. The molecule has 0 radical (unpaired) electrons. The fraction of sp³-hybridized carbons (Fsp3) is 0.529. The Labute approximate surface area is 139 Å². The second kappa shape index (κ2) is 6.03. The van der Waals surface area contributed by atoms with Crippen molar-refractivity contribution in [1.82, 2.24) is 14.3 Å². The van der Waals surface area contributed by atoms with Gasteiger partial charge in [-0.2, -0.15) is 0 Å². The van der Waals surface area contributed by atoms with E-state index >= 15 is 0 Å². The Balaban J connectivity index is 2.10. The molecule has 5 heteroatoms. The van der Waals surface area contributed by atoms with Gasteiger partial charge in [-0.25, -0.2) is 4.98 Å². The molecule has 118 valence electrons. The van der Waals surface area contributed by atoms with Crippen LogP contribution in [0.2, 0.25) is 0 Å². The number of aryl methyl sites for hydroxylation is 2. The van der Waals surface area contributed by atoms with Crippen LogP contribution in [0.15, 0.2) is 16.7 Å². The molecule has 1 atom stereocenters. The van der Waals surface area contributed by atoms with Crippen molar-refractivity contribution in [1.29, 1.82) is 0 Å². The minimum Gasteiger partial charge on any atom is -0.337 e. The van der Waals surface area contributed by atoms with Gasteiger partial charge in [-0.1, -0.05) is 13.8 Å². The molecule has 2 aromatic heterocycles. The van der Waals surface area contributed by atoms with Crippen molar-refractivity contribution in [2.24, 2.45) is 5.92 Å². The van der Waals surface area contributed by atoms with Gasteiger partial charge in [0.15, 0.2) is 0 Å². The largest absolute Gasteiger partial charge is 0.337 e. The first kappa shape index (κ1) is 15.5. The Morgan fingerprint density at radius 3 is 2.95 bits per heavy atom. The second-order valence-electron chi connectivity index (χ2n) is 6.29. The fourth-order valence-electron chi connectivity index (χ4n) is 3.31. The van der Waals surface area contributed by atoms with E-state index in [4.69, 9.17) is 4.98 Å². The molecular formula is C17H22BrN3O. The van der Waals surface area contributed by atoms with Gasteiger partial charge in [-0.15, -0.1) is 0 Å². The molecule has 1 saturated heterocycles. The number of hydrogen-bond donors (Lipinski definition) is 0. The standard InChI is InChI=1S/C17H22BrN3O/c1-4-14-15(17(22)20-7-5-6-11(2)9-20)21-10-13(18)8-12(3)16(21)19-14/h8,10-11H,4-7,9H2,1-3H3. The number of nitrogens with zero attached hydrogens (tertiary/aromatic N) is 3. The summed E-state index contributed by atoms with van der Waals surface area (Å²) < 4.78 is 2.93. The zero-order chi connectivity index (χ0) is 15.9. The maximum Gasteiger partial charge on any atom is 0.272 e. The number of fused-ring (bicyclic) bond motifs is 1. The lowest BCUT2D eigenvalue weighted by Crippen LogP contribution is -2.40. The van der Waals surface area contributed by atoms with Crippen molar-refractivity contribution in [3.63, 3.8) is 0 Å². The first-order valence-corrected chi connectivity index (χ1v) is 8.77. The monoisotopic (exact) mass is 363 g/mol. The Hall–Kier alpha value is -1.36. The predicted molar refractivity (Wildman–Crippen MR) is 91.3 cm³/mol. The third-order valence-electron chi connectivity index (χ3n) is 4.42. The molecule has 0 N–H and O–H groups in total. The van der Waals surface area contributed by atoms with Gasteiger partial charge in [0.25, 0.3) is 5.91 Å². The van der Waals surface area contributed by atoms with E-state index in [0.717, 1.165) is 53.0 Å². The summed E-state index contributed by atoms with van der Waals surface area (Å²) in [6.07, 6.45) is 5.02. The van der Waals surface area contributed by atoms with E-state index in [-0.39, 0.29) is 5.91 Å². The minimum absolute atomic E-state index is 0.119. The van der Waals surface area contributed by atoms with Crippen LogP contribution in [0.4, 0.5) is 0 Å². The topological polar surface area (TPSA) is 37.6 Å². The Morgan fingerprint density at radius 2 is 2.27 bits per heavy atom. The van der Waals surface area contributed by atoms with Gasteiger partial charge in [-0.3, -0.25) is 9.20 Å². The lowest BCUT2D eigenvalue weighted by atomic mass is 10.00. The number of carbonyl (C=O) groups is 1. The summed E-state index contributed by atoms with van der Waals surface area (Å²) in [5.41, 5.74) is 3.59. The van der Waals surface area contributed by atoms with Crippen LogP contribution in [0, 0.1) is 12.8 Å². The molecular weight excluding hydrogens is 342 g/mol. The molecule has 0 aliphatic carbocycles. The van der Waals surface area contributed by atoms with E-state index in [1.54, 1.807) is 0 Å². The summed E-state index contributed by atoms with van der Waals surface area (Å²) in [6.45, 7) is 8.01. The van der Waals surface area contributed by atoms with Crippen molar-refractivity contribution in [2.75, 3.05) is 13.1 Å². The third kappa shape index (κ3) is 2.67. The molecule has 3 rings (SSSR count). The van der Waals surface area contributed by atoms with E-state index in [0.29, 0.717) is 5.92 Å². The lowest BCUT2D eigenvalue weighted by molar-refractivity contribution is 0.0675. The van der Waals surface area contributed by atoms with Crippen LogP contribution in [0.5, 0.6) is 0 Å². The van der Waals surface area contributed by atoms with Crippen LogP contribution in [-0.2, 0) is 6.42 Å². The SMILES string of the molecule is CCc1nc2c(C)cc(Br)cn2c1C(=O)N1CCCC(C)C1. The van der Waals surface area contributed by atoms with Crippen LogP contribution >= 0.6 is 15.9 Å². The summed E-state index contributed by atoms with van der Waals surface area (Å²) in [5, 5.41) is 0. The zero-order valence-corrected chi connectivity index (χ0v) is 15.0. The predicted octanol–water partition coefficient (Wildman–Crippen LogP) is 3.84. The first-order valence-electron chi connectivity index (χ1n) is 7.97. The van der Waals surface area contributed by atoms with Crippen molar-refractivity contribution in [2.45, 2.75) is 40.0 Å². The third-order valence-corrected chi connectivity index (χ3v) is 4.86. The van der Waals surface area contributed by atoms with E-state index < -0.39 is 0 Å². The highest BCUT2D eigenvalue weighted by molar-refractivity contribution is 9.10. The summed E-state index contributed by atoms with van der Waals surface area (Å²) in [4.78, 5) is 19.8. The molecule has 0 saturated carbocycles. The quantitative estimate of drug-likeness (QED) is 0.812. The number of amides is 1. The van der Waals surface area contributed by atoms with Gasteiger partial charge >= 0.3 is 0 Å². The molecule has 4 nitrogen and oxygen atoms in total. The number of pyridine rings is 1. The smallest absolute Gasteiger partial charge is 0.272 e. The molecule has 22 heavy (non-hydrogen) atoms. The summed E-state index contributed by atoms with van der Waals surface area (Å²) in [5.74, 6) is 0.698. The van der Waals surface area contributed by atoms with E-state index in [9.17, 15) is 4.79 Å².